The Kier molecular flexibility index (Phi) is 5.09. The topological polar surface area (TPSA) is 74.2 Å². The number of benzene rings is 2. The molecule has 1 N–H and O–H groups in total. The molecule has 142 valence electrons. The summed E-state index contributed by atoms with van der Waals surface area (Å²) in [5, 5.41) is 9.58. The Morgan fingerprint density at radius 1 is 1.15 bits per heavy atom. The largest absolute Gasteiger partial charge is 0.485 e. The number of carboxylic acid groups (broad SMARTS) is 1. The second kappa shape index (κ2) is 7.66. The summed E-state index contributed by atoms with van der Waals surface area (Å²) in [6.45, 7) is 0.953. The van der Waals surface area contributed by atoms with Crippen LogP contribution in [0.3, 0.4) is 0 Å². The highest BCUT2D eigenvalue weighted by atomic mass is 35.5. The standard InChI is InChI=1S/C20H19ClO6/c21-15-10-13(26-19-3-1-2-8-24-19)5-6-14(15)18-11-25-17-9-12(20(22)23)4-7-16(17)27-18/h4-7,9-10,18-19H,1-3,8,11H2,(H,22,23). The number of rotatable bonds is 4. The zero-order chi connectivity index (χ0) is 18.8. The summed E-state index contributed by atoms with van der Waals surface area (Å²) in [6.07, 6.45) is 2.40. The molecule has 4 rings (SSSR count). The molecule has 0 bridgehead atoms. The molecule has 27 heavy (non-hydrogen) atoms. The van der Waals surface area contributed by atoms with Crippen molar-refractivity contribution in [1.82, 2.24) is 0 Å². The van der Waals surface area contributed by atoms with Crippen molar-refractivity contribution >= 4 is 17.6 Å². The lowest BCUT2D eigenvalue weighted by Gasteiger charge is -2.28. The molecule has 0 amide bonds. The van der Waals surface area contributed by atoms with Gasteiger partial charge in [0.25, 0.3) is 0 Å². The first-order valence-electron chi connectivity index (χ1n) is 8.84. The fourth-order valence-corrected chi connectivity index (χ4v) is 3.45. The van der Waals surface area contributed by atoms with Gasteiger partial charge >= 0.3 is 5.97 Å². The first-order chi connectivity index (χ1) is 13.1. The van der Waals surface area contributed by atoms with E-state index in [9.17, 15) is 4.79 Å². The number of hydrogen-bond donors (Lipinski definition) is 1. The van der Waals surface area contributed by atoms with Crippen LogP contribution in [0.5, 0.6) is 17.2 Å². The highest BCUT2D eigenvalue weighted by Gasteiger charge is 2.26. The third-order valence-electron chi connectivity index (χ3n) is 4.57. The van der Waals surface area contributed by atoms with Crippen LogP contribution < -0.4 is 14.2 Å². The van der Waals surface area contributed by atoms with E-state index < -0.39 is 5.97 Å². The maximum Gasteiger partial charge on any atom is 0.335 e. The molecule has 2 unspecified atom stereocenters. The fourth-order valence-electron chi connectivity index (χ4n) is 3.16. The molecule has 2 aromatic carbocycles. The summed E-state index contributed by atoms with van der Waals surface area (Å²) in [6, 6.07) is 9.97. The highest BCUT2D eigenvalue weighted by molar-refractivity contribution is 6.31. The Morgan fingerprint density at radius 3 is 2.78 bits per heavy atom. The van der Waals surface area contributed by atoms with E-state index in [0.29, 0.717) is 28.9 Å². The van der Waals surface area contributed by atoms with Crippen LogP contribution in [-0.2, 0) is 4.74 Å². The van der Waals surface area contributed by atoms with Crippen LogP contribution in [0.15, 0.2) is 36.4 Å². The lowest BCUT2D eigenvalue weighted by Crippen LogP contribution is -2.25. The van der Waals surface area contributed by atoms with Crippen molar-refractivity contribution in [1.29, 1.82) is 0 Å². The Bertz CT molecular complexity index is 846. The van der Waals surface area contributed by atoms with Crippen molar-refractivity contribution in [3.05, 3.63) is 52.5 Å². The summed E-state index contributed by atoms with van der Waals surface area (Å²) >= 11 is 6.44. The smallest absolute Gasteiger partial charge is 0.335 e. The molecule has 2 aliphatic rings. The van der Waals surface area contributed by atoms with Crippen molar-refractivity contribution in [3.8, 4) is 17.2 Å². The second-order valence-electron chi connectivity index (χ2n) is 6.48. The van der Waals surface area contributed by atoms with Crippen molar-refractivity contribution in [2.24, 2.45) is 0 Å². The molecule has 0 radical (unpaired) electrons. The van der Waals surface area contributed by atoms with Gasteiger partial charge in [-0.1, -0.05) is 17.7 Å². The summed E-state index contributed by atoms with van der Waals surface area (Å²) in [7, 11) is 0. The number of hydrogen-bond acceptors (Lipinski definition) is 5. The summed E-state index contributed by atoms with van der Waals surface area (Å²) in [5.74, 6) is 0.544. The normalized spacial score (nSPS) is 21.5. The van der Waals surface area contributed by atoms with Crippen LogP contribution in [0, 0.1) is 0 Å². The van der Waals surface area contributed by atoms with E-state index in [-0.39, 0.29) is 24.6 Å². The van der Waals surface area contributed by atoms with Crippen molar-refractivity contribution in [2.45, 2.75) is 31.7 Å². The van der Waals surface area contributed by atoms with Gasteiger partial charge in [0.1, 0.15) is 12.4 Å². The molecule has 0 aromatic heterocycles. The Hall–Kier alpha value is -2.44. The van der Waals surface area contributed by atoms with E-state index in [0.717, 1.165) is 24.8 Å². The van der Waals surface area contributed by atoms with Gasteiger partial charge in [-0.2, -0.15) is 0 Å². The van der Waals surface area contributed by atoms with E-state index in [1.807, 2.05) is 12.1 Å². The molecule has 1 saturated heterocycles. The van der Waals surface area contributed by atoms with Crippen LogP contribution in [0.4, 0.5) is 0 Å². The Balaban J connectivity index is 1.48. The minimum absolute atomic E-state index is 0.153. The van der Waals surface area contributed by atoms with Crippen LogP contribution in [0.25, 0.3) is 0 Å². The Labute approximate surface area is 161 Å². The minimum Gasteiger partial charge on any atom is -0.485 e. The third-order valence-corrected chi connectivity index (χ3v) is 4.90. The van der Waals surface area contributed by atoms with Crippen LogP contribution in [-0.4, -0.2) is 30.6 Å². The fraction of sp³-hybridized carbons (Fsp3) is 0.350. The summed E-state index contributed by atoms with van der Waals surface area (Å²) < 4.78 is 23.1. The van der Waals surface area contributed by atoms with E-state index >= 15 is 0 Å². The predicted molar refractivity (Wildman–Crippen MR) is 97.9 cm³/mol. The van der Waals surface area contributed by atoms with E-state index in [1.165, 1.54) is 12.1 Å². The highest BCUT2D eigenvalue weighted by Crippen LogP contribution is 2.39. The molecule has 6 nitrogen and oxygen atoms in total. The maximum atomic E-state index is 11.1. The van der Waals surface area contributed by atoms with Gasteiger partial charge in [0.15, 0.2) is 23.9 Å². The van der Waals surface area contributed by atoms with Gasteiger partial charge in [0.05, 0.1) is 17.2 Å². The molecule has 0 aliphatic carbocycles. The van der Waals surface area contributed by atoms with Crippen LogP contribution in [0.2, 0.25) is 5.02 Å². The average molecular weight is 391 g/mol. The van der Waals surface area contributed by atoms with Crippen molar-refractivity contribution in [3.63, 3.8) is 0 Å². The number of carbonyl (C=O) groups is 1. The van der Waals surface area contributed by atoms with Crippen LogP contribution in [0.1, 0.15) is 41.3 Å². The summed E-state index contributed by atoms with van der Waals surface area (Å²) in [5.41, 5.74) is 0.932. The van der Waals surface area contributed by atoms with Gasteiger partial charge in [-0.15, -0.1) is 0 Å². The SMILES string of the molecule is O=C(O)c1ccc2c(c1)OCC(c1ccc(OC3CCCCO3)cc1Cl)O2. The zero-order valence-corrected chi connectivity index (χ0v) is 15.3. The lowest BCUT2D eigenvalue weighted by molar-refractivity contribution is -0.105. The number of fused-ring (bicyclic) bond motifs is 1. The second-order valence-corrected chi connectivity index (χ2v) is 6.89. The molecule has 2 heterocycles. The zero-order valence-electron chi connectivity index (χ0n) is 14.5. The number of aromatic carboxylic acids is 1. The molecular weight excluding hydrogens is 372 g/mol. The van der Waals surface area contributed by atoms with Crippen molar-refractivity contribution in [2.75, 3.05) is 13.2 Å². The Morgan fingerprint density at radius 2 is 2.04 bits per heavy atom. The molecule has 0 saturated carbocycles. The van der Waals surface area contributed by atoms with E-state index in [2.05, 4.69) is 0 Å². The monoisotopic (exact) mass is 390 g/mol. The van der Waals surface area contributed by atoms with Gasteiger partial charge in [0, 0.05) is 12.0 Å². The quantitative estimate of drug-likeness (QED) is 0.831. The first kappa shape index (κ1) is 17.9. The molecule has 0 spiro atoms. The van der Waals surface area contributed by atoms with E-state index in [4.69, 9.17) is 35.7 Å². The average Bonchev–Trinajstić information content (AvgIpc) is 2.68. The molecule has 7 heteroatoms. The lowest BCUT2D eigenvalue weighted by atomic mass is 10.1. The van der Waals surface area contributed by atoms with Gasteiger partial charge < -0.3 is 24.1 Å². The van der Waals surface area contributed by atoms with Gasteiger partial charge in [-0.05, 0) is 43.2 Å². The number of ether oxygens (including phenoxy) is 4. The number of halogens is 1. The van der Waals surface area contributed by atoms with Crippen molar-refractivity contribution < 1.29 is 28.8 Å². The molecule has 1 fully saturated rings. The van der Waals surface area contributed by atoms with Crippen LogP contribution >= 0.6 is 11.6 Å². The number of carboxylic acids is 1. The van der Waals surface area contributed by atoms with Gasteiger partial charge in [-0.3, -0.25) is 0 Å². The molecule has 2 aliphatic heterocycles. The predicted octanol–water partition coefficient (Wildman–Crippen LogP) is 4.46. The minimum atomic E-state index is -1.01. The molecular formula is C20H19ClO6. The van der Waals surface area contributed by atoms with E-state index in [1.54, 1.807) is 12.1 Å². The third kappa shape index (κ3) is 3.96. The maximum absolute atomic E-state index is 11.1. The molecule has 2 aromatic rings. The van der Waals surface area contributed by atoms with Gasteiger partial charge in [0.2, 0.25) is 0 Å². The molecule has 2 atom stereocenters. The van der Waals surface area contributed by atoms with Gasteiger partial charge in [-0.25, -0.2) is 4.79 Å². The first-order valence-corrected chi connectivity index (χ1v) is 9.22. The summed E-state index contributed by atoms with van der Waals surface area (Å²) in [4.78, 5) is 11.1.